The Kier molecular flexibility index (Phi) is 21.9. The average molecular weight is 208 g/mol. The van der Waals surface area contributed by atoms with Crippen LogP contribution in [0.25, 0.3) is 0 Å². The van der Waals surface area contributed by atoms with Crippen LogP contribution >= 0.6 is 11.6 Å². The highest BCUT2D eigenvalue weighted by atomic mass is 35.5. The van der Waals surface area contributed by atoms with Gasteiger partial charge in [0.25, 0.3) is 0 Å². The standard InChI is InChI=1S/C6H15N.C5H11Cl/c1-3-5-7-6-4-2;1-2-3-4-5-6/h7H,3-6H2,1-2H3;2-5H2,1H3. The molecule has 1 N–H and O–H groups in total. The van der Waals surface area contributed by atoms with Crippen molar-refractivity contribution in [1.29, 1.82) is 0 Å². The van der Waals surface area contributed by atoms with Gasteiger partial charge in [0, 0.05) is 5.88 Å². The SMILES string of the molecule is CCCCCCl.CCCNCCC. The third-order valence-corrected chi connectivity index (χ3v) is 1.86. The molecular weight excluding hydrogens is 182 g/mol. The monoisotopic (exact) mass is 207 g/mol. The van der Waals surface area contributed by atoms with Crippen molar-refractivity contribution in [1.82, 2.24) is 5.32 Å². The highest BCUT2D eigenvalue weighted by Crippen LogP contribution is 1.93. The maximum Gasteiger partial charge on any atom is 0.0223 e. The maximum atomic E-state index is 5.38. The van der Waals surface area contributed by atoms with Crippen molar-refractivity contribution in [3.05, 3.63) is 0 Å². The van der Waals surface area contributed by atoms with Gasteiger partial charge in [-0.05, 0) is 32.4 Å². The van der Waals surface area contributed by atoms with Crippen molar-refractivity contribution in [3.63, 3.8) is 0 Å². The molecule has 0 aliphatic rings. The van der Waals surface area contributed by atoms with Gasteiger partial charge in [0.2, 0.25) is 0 Å². The number of hydrogen-bond donors (Lipinski definition) is 1. The molecule has 0 heterocycles. The van der Waals surface area contributed by atoms with E-state index < -0.39 is 0 Å². The van der Waals surface area contributed by atoms with Gasteiger partial charge in [-0.1, -0.05) is 33.6 Å². The van der Waals surface area contributed by atoms with Crippen LogP contribution in [0.1, 0.15) is 52.9 Å². The Morgan fingerprint density at radius 2 is 1.38 bits per heavy atom. The number of halogens is 1. The largest absolute Gasteiger partial charge is 0.317 e. The lowest BCUT2D eigenvalue weighted by molar-refractivity contribution is 0.662. The molecule has 13 heavy (non-hydrogen) atoms. The van der Waals surface area contributed by atoms with E-state index in [1.807, 2.05) is 0 Å². The number of nitrogens with one attached hydrogen (secondary N) is 1. The van der Waals surface area contributed by atoms with Crippen molar-refractivity contribution in [2.24, 2.45) is 0 Å². The van der Waals surface area contributed by atoms with E-state index in [4.69, 9.17) is 11.6 Å². The third-order valence-electron chi connectivity index (χ3n) is 1.59. The second-order valence-corrected chi connectivity index (χ2v) is 3.52. The molecule has 1 nitrogen and oxygen atoms in total. The first kappa shape index (κ1) is 15.7. The van der Waals surface area contributed by atoms with Crippen molar-refractivity contribution in [2.75, 3.05) is 19.0 Å². The van der Waals surface area contributed by atoms with Crippen LogP contribution in [0.15, 0.2) is 0 Å². The topological polar surface area (TPSA) is 12.0 Å². The first-order chi connectivity index (χ1) is 6.33. The molecule has 0 rings (SSSR count). The van der Waals surface area contributed by atoms with E-state index in [-0.39, 0.29) is 0 Å². The summed E-state index contributed by atoms with van der Waals surface area (Å²) in [4.78, 5) is 0. The van der Waals surface area contributed by atoms with Gasteiger partial charge < -0.3 is 5.32 Å². The average Bonchev–Trinajstić information content (AvgIpc) is 2.17. The molecule has 0 fully saturated rings. The minimum atomic E-state index is 0.827. The van der Waals surface area contributed by atoms with E-state index in [0.29, 0.717) is 0 Å². The quantitative estimate of drug-likeness (QED) is 0.495. The molecule has 0 saturated heterocycles. The summed E-state index contributed by atoms with van der Waals surface area (Å²) < 4.78 is 0. The zero-order valence-corrected chi connectivity index (χ0v) is 10.3. The molecule has 0 amide bonds. The van der Waals surface area contributed by atoms with Crippen LogP contribution in [-0.4, -0.2) is 19.0 Å². The maximum absolute atomic E-state index is 5.38. The minimum Gasteiger partial charge on any atom is -0.317 e. The molecule has 0 radical (unpaired) electrons. The molecule has 2 heteroatoms. The molecule has 0 aliphatic heterocycles. The van der Waals surface area contributed by atoms with E-state index in [1.165, 1.54) is 45.2 Å². The van der Waals surface area contributed by atoms with E-state index in [9.17, 15) is 0 Å². The minimum absolute atomic E-state index is 0.827. The van der Waals surface area contributed by atoms with E-state index >= 15 is 0 Å². The fourth-order valence-electron chi connectivity index (χ4n) is 0.823. The number of alkyl halides is 1. The Bertz CT molecular complexity index is 59.1. The van der Waals surface area contributed by atoms with E-state index in [1.54, 1.807) is 0 Å². The van der Waals surface area contributed by atoms with E-state index in [2.05, 4.69) is 26.1 Å². The Balaban J connectivity index is 0. The molecule has 0 saturated carbocycles. The molecule has 0 aliphatic carbocycles. The normalized spacial score (nSPS) is 9.23. The summed E-state index contributed by atoms with van der Waals surface area (Å²) in [6.07, 6.45) is 6.23. The summed E-state index contributed by atoms with van der Waals surface area (Å²) in [5.74, 6) is 0.827. The predicted molar refractivity (Wildman–Crippen MR) is 63.7 cm³/mol. The molecule has 0 unspecified atom stereocenters. The number of unbranched alkanes of at least 4 members (excludes halogenated alkanes) is 2. The highest BCUT2D eigenvalue weighted by molar-refractivity contribution is 6.17. The van der Waals surface area contributed by atoms with E-state index in [0.717, 1.165) is 5.88 Å². The molecular formula is C11H26ClN. The van der Waals surface area contributed by atoms with Crippen LogP contribution in [0.3, 0.4) is 0 Å². The van der Waals surface area contributed by atoms with Gasteiger partial charge in [-0.25, -0.2) is 0 Å². The molecule has 0 bridgehead atoms. The van der Waals surface area contributed by atoms with Crippen molar-refractivity contribution >= 4 is 11.6 Å². The number of hydrogen-bond acceptors (Lipinski definition) is 1. The summed E-state index contributed by atoms with van der Waals surface area (Å²) in [5, 5.41) is 3.28. The lowest BCUT2D eigenvalue weighted by Gasteiger charge is -1.95. The highest BCUT2D eigenvalue weighted by Gasteiger charge is 1.77. The summed E-state index contributed by atoms with van der Waals surface area (Å²) in [7, 11) is 0. The van der Waals surface area contributed by atoms with Gasteiger partial charge >= 0.3 is 0 Å². The van der Waals surface area contributed by atoms with Gasteiger partial charge in [0.15, 0.2) is 0 Å². The van der Waals surface area contributed by atoms with Crippen LogP contribution in [0, 0.1) is 0 Å². The smallest absolute Gasteiger partial charge is 0.0223 e. The Hall–Kier alpha value is 0.250. The Morgan fingerprint density at radius 3 is 1.62 bits per heavy atom. The molecule has 0 spiro atoms. The lowest BCUT2D eigenvalue weighted by atomic mass is 10.3. The third kappa shape index (κ3) is 24.5. The zero-order valence-electron chi connectivity index (χ0n) is 9.53. The Morgan fingerprint density at radius 1 is 0.846 bits per heavy atom. The van der Waals surface area contributed by atoms with Gasteiger partial charge in [0.05, 0.1) is 0 Å². The van der Waals surface area contributed by atoms with Crippen LogP contribution in [0.5, 0.6) is 0 Å². The van der Waals surface area contributed by atoms with Crippen LogP contribution < -0.4 is 5.32 Å². The summed E-state index contributed by atoms with van der Waals surface area (Å²) >= 11 is 5.38. The second kappa shape index (κ2) is 18.1. The molecule has 0 atom stereocenters. The fraction of sp³-hybridized carbons (Fsp3) is 1.00. The zero-order chi connectivity index (χ0) is 10.4. The van der Waals surface area contributed by atoms with Crippen molar-refractivity contribution in [2.45, 2.75) is 52.9 Å². The van der Waals surface area contributed by atoms with Gasteiger partial charge in [-0.3, -0.25) is 0 Å². The molecule has 0 aromatic rings. The van der Waals surface area contributed by atoms with Gasteiger partial charge in [-0.2, -0.15) is 0 Å². The lowest BCUT2D eigenvalue weighted by Crippen LogP contribution is -2.14. The number of rotatable bonds is 7. The summed E-state index contributed by atoms with van der Waals surface area (Å²) in [5.41, 5.74) is 0. The first-order valence-electron chi connectivity index (χ1n) is 5.60. The molecule has 0 aromatic heterocycles. The molecule has 0 aromatic carbocycles. The van der Waals surface area contributed by atoms with Crippen LogP contribution in [0.2, 0.25) is 0 Å². The second-order valence-electron chi connectivity index (χ2n) is 3.15. The van der Waals surface area contributed by atoms with Gasteiger partial charge in [-0.15, -0.1) is 11.6 Å². The predicted octanol–water partition coefficient (Wildman–Crippen LogP) is 3.81. The Labute approximate surface area is 89.2 Å². The first-order valence-corrected chi connectivity index (χ1v) is 6.13. The van der Waals surface area contributed by atoms with Gasteiger partial charge in [0.1, 0.15) is 0 Å². The summed E-state index contributed by atoms with van der Waals surface area (Å²) in [6, 6.07) is 0. The molecule has 82 valence electrons. The summed E-state index contributed by atoms with van der Waals surface area (Å²) in [6.45, 7) is 8.89. The van der Waals surface area contributed by atoms with Crippen LogP contribution in [-0.2, 0) is 0 Å². The van der Waals surface area contributed by atoms with Crippen LogP contribution in [0.4, 0.5) is 0 Å². The van der Waals surface area contributed by atoms with Crippen molar-refractivity contribution < 1.29 is 0 Å². The fourth-order valence-corrected chi connectivity index (χ4v) is 1.01. The van der Waals surface area contributed by atoms with Crippen molar-refractivity contribution in [3.8, 4) is 0 Å².